The van der Waals surface area contributed by atoms with Crippen LogP contribution in [0.3, 0.4) is 0 Å². The minimum atomic E-state index is -1.41. The van der Waals surface area contributed by atoms with E-state index in [4.69, 9.17) is 9.47 Å². The van der Waals surface area contributed by atoms with E-state index in [0.29, 0.717) is 51.6 Å². The number of carbonyl (C=O) groups excluding carboxylic acids is 2. The number of nitrogens with one attached hydrogen (secondary N) is 2. The molecule has 4 aliphatic rings. The summed E-state index contributed by atoms with van der Waals surface area (Å²) in [6.07, 6.45) is 4.19. The third-order valence-electron chi connectivity index (χ3n) is 9.56. The lowest BCUT2D eigenvalue weighted by Crippen LogP contribution is -2.70. The number of amides is 2. The molecule has 2 amide bonds. The summed E-state index contributed by atoms with van der Waals surface area (Å²) < 4.78 is 11.9. The second kappa shape index (κ2) is 9.44. The zero-order valence-electron chi connectivity index (χ0n) is 26.5. The van der Waals surface area contributed by atoms with Gasteiger partial charge in [0.05, 0.1) is 0 Å². The average Bonchev–Trinajstić information content (AvgIpc) is 2.96. The van der Waals surface area contributed by atoms with Crippen molar-refractivity contribution in [3.05, 3.63) is 0 Å². The standard InChI is InChI=1S/C30H54N4O6/c1-23(2)17-29(18-24(3,4)31-23)27(9,37)33(21(35)39-29)15-13-11-12-14-16-34-22(36)40-30(28(34,10)38)19-25(5,6)32-26(7,8)20-30/h31-32,37-38H,11-20H2,1-10H3/t27-,28-/m1/s1. The molecule has 0 bridgehead atoms. The normalized spacial score (nSPS) is 34.8. The number of aliphatic hydroxyl groups is 2. The van der Waals surface area contributed by atoms with Gasteiger partial charge in [-0.3, -0.25) is 9.80 Å². The van der Waals surface area contributed by atoms with Crippen LogP contribution in [0, 0.1) is 0 Å². The molecule has 0 saturated carbocycles. The van der Waals surface area contributed by atoms with Crippen LogP contribution in [0.5, 0.6) is 0 Å². The van der Waals surface area contributed by atoms with Gasteiger partial charge in [-0.1, -0.05) is 12.8 Å². The molecule has 0 radical (unpaired) electrons. The first kappa shape index (κ1) is 31.3. The van der Waals surface area contributed by atoms with Crippen LogP contribution in [-0.4, -0.2) is 90.1 Å². The molecule has 4 aliphatic heterocycles. The fourth-order valence-corrected chi connectivity index (χ4v) is 8.80. The molecule has 4 saturated heterocycles. The molecule has 0 aromatic heterocycles. The van der Waals surface area contributed by atoms with E-state index in [1.54, 1.807) is 13.8 Å². The Bertz CT molecular complexity index is 906. The van der Waals surface area contributed by atoms with Gasteiger partial charge in [0, 0.05) is 60.9 Å². The van der Waals surface area contributed by atoms with Crippen LogP contribution < -0.4 is 10.6 Å². The summed E-state index contributed by atoms with van der Waals surface area (Å²) in [5.41, 5.74) is -5.95. The van der Waals surface area contributed by atoms with Crippen molar-refractivity contribution in [3.8, 4) is 0 Å². The van der Waals surface area contributed by atoms with Gasteiger partial charge in [-0.25, -0.2) is 9.59 Å². The zero-order chi connectivity index (χ0) is 30.2. The highest BCUT2D eigenvalue weighted by Crippen LogP contribution is 2.51. The van der Waals surface area contributed by atoms with Gasteiger partial charge in [-0.2, -0.15) is 0 Å². The molecular formula is C30H54N4O6. The van der Waals surface area contributed by atoms with E-state index in [2.05, 4.69) is 66.0 Å². The highest BCUT2D eigenvalue weighted by Gasteiger charge is 2.67. The third kappa shape index (κ3) is 5.45. The Morgan fingerprint density at radius 2 is 0.850 bits per heavy atom. The van der Waals surface area contributed by atoms with Gasteiger partial charge in [0.1, 0.15) is 0 Å². The van der Waals surface area contributed by atoms with Crippen LogP contribution >= 0.6 is 0 Å². The van der Waals surface area contributed by atoms with Gasteiger partial charge >= 0.3 is 12.2 Å². The maximum atomic E-state index is 13.0. The molecule has 40 heavy (non-hydrogen) atoms. The van der Waals surface area contributed by atoms with Gasteiger partial charge in [-0.05, 0) is 82.1 Å². The number of hydrogen-bond acceptors (Lipinski definition) is 8. The molecule has 4 heterocycles. The second-order valence-corrected chi connectivity index (χ2v) is 16.0. The van der Waals surface area contributed by atoms with Crippen LogP contribution in [0.2, 0.25) is 0 Å². The Labute approximate surface area is 240 Å². The van der Waals surface area contributed by atoms with E-state index in [-0.39, 0.29) is 22.2 Å². The second-order valence-electron chi connectivity index (χ2n) is 16.0. The molecule has 4 N–H and O–H groups in total. The highest BCUT2D eigenvalue weighted by molar-refractivity contribution is 5.73. The lowest BCUT2D eigenvalue weighted by Gasteiger charge is -2.54. The third-order valence-corrected chi connectivity index (χ3v) is 9.56. The monoisotopic (exact) mass is 566 g/mol. The first-order chi connectivity index (χ1) is 18.0. The maximum absolute atomic E-state index is 13.0. The summed E-state index contributed by atoms with van der Waals surface area (Å²) in [6.45, 7) is 20.8. The predicted octanol–water partition coefficient (Wildman–Crippen LogP) is 4.23. The number of unbranched alkanes of at least 4 members (excludes halogenated alkanes) is 3. The molecule has 10 nitrogen and oxygen atoms in total. The lowest BCUT2D eigenvalue weighted by molar-refractivity contribution is -0.181. The van der Waals surface area contributed by atoms with Gasteiger partial charge in [-0.15, -0.1) is 0 Å². The highest BCUT2D eigenvalue weighted by atomic mass is 16.6. The van der Waals surface area contributed by atoms with Gasteiger partial charge in [0.15, 0.2) is 22.7 Å². The number of ether oxygens (including phenoxy) is 2. The van der Waals surface area contributed by atoms with Crippen molar-refractivity contribution in [1.82, 2.24) is 20.4 Å². The zero-order valence-corrected chi connectivity index (χ0v) is 26.5. The molecule has 4 fully saturated rings. The number of nitrogens with zero attached hydrogens (tertiary/aromatic N) is 2. The largest absolute Gasteiger partial charge is 0.437 e. The number of carbonyl (C=O) groups is 2. The van der Waals surface area contributed by atoms with Crippen molar-refractivity contribution >= 4 is 12.2 Å². The van der Waals surface area contributed by atoms with Crippen molar-refractivity contribution in [2.75, 3.05) is 13.1 Å². The summed E-state index contributed by atoms with van der Waals surface area (Å²) in [7, 11) is 0. The van der Waals surface area contributed by atoms with Crippen LogP contribution in [0.4, 0.5) is 9.59 Å². The predicted molar refractivity (Wildman–Crippen MR) is 153 cm³/mol. The van der Waals surface area contributed by atoms with Gasteiger partial charge in [0.2, 0.25) is 0 Å². The molecule has 0 aliphatic carbocycles. The van der Waals surface area contributed by atoms with E-state index < -0.39 is 34.8 Å². The Morgan fingerprint density at radius 3 is 1.12 bits per heavy atom. The van der Waals surface area contributed by atoms with Crippen molar-refractivity contribution in [2.24, 2.45) is 0 Å². The van der Waals surface area contributed by atoms with E-state index >= 15 is 0 Å². The van der Waals surface area contributed by atoms with Crippen molar-refractivity contribution in [1.29, 1.82) is 0 Å². The van der Waals surface area contributed by atoms with Crippen molar-refractivity contribution in [3.63, 3.8) is 0 Å². The quantitative estimate of drug-likeness (QED) is 0.338. The van der Waals surface area contributed by atoms with Crippen LogP contribution in [0.1, 0.15) is 121 Å². The van der Waals surface area contributed by atoms with Crippen LogP contribution in [0.25, 0.3) is 0 Å². The molecule has 0 aromatic rings. The van der Waals surface area contributed by atoms with Gasteiger partial charge in [0.25, 0.3) is 0 Å². The SMILES string of the molecule is CC1(C)CC2(CC(C)(C)N1)OC(=O)N(CCCCCCN1C(=O)OC3(CC(C)(C)NC(C)(C)C3)[C@@]1(C)O)[C@]2(C)O. The lowest BCUT2D eigenvalue weighted by atomic mass is 9.68. The summed E-state index contributed by atoms with van der Waals surface area (Å²) in [4.78, 5) is 28.9. The fourth-order valence-electron chi connectivity index (χ4n) is 8.80. The number of hydrogen-bond donors (Lipinski definition) is 4. The first-order valence-corrected chi connectivity index (χ1v) is 15.0. The minimum Gasteiger partial charge on any atom is -0.437 e. The van der Waals surface area contributed by atoms with E-state index in [1.165, 1.54) is 9.80 Å². The number of rotatable bonds is 7. The smallest absolute Gasteiger partial charge is 0.412 e. The topological polar surface area (TPSA) is 124 Å². The Hall–Kier alpha value is -1.62. The molecule has 0 unspecified atom stereocenters. The summed E-state index contributed by atoms with van der Waals surface area (Å²) >= 11 is 0. The van der Waals surface area contributed by atoms with Crippen LogP contribution in [-0.2, 0) is 9.47 Å². The Morgan fingerprint density at radius 1 is 0.575 bits per heavy atom. The first-order valence-electron chi connectivity index (χ1n) is 15.0. The van der Waals surface area contributed by atoms with Crippen LogP contribution in [0.15, 0.2) is 0 Å². The maximum Gasteiger partial charge on any atom is 0.412 e. The van der Waals surface area contributed by atoms with Crippen molar-refractivity contribution < 1.29 is 29.3 Å². The fraction of sp³-hybridized carbons (Fsp3) is 0.933. The molecule has 2 atom stereocenters. The number of piperidine rings is 2. The molecule has 2 spiro atoms. The molecule has 0 aromatic carbocycles. The summed E-state index contributed by atoms with van der Waals surface area (Å²) in [6, 6.07) is 0. The molecular weight excluding hydrogens is 512 g/mol. The summed E-state index contributed by atoms with van der Waals surface area (Å²) in [5, 5.41) is 30.5. The summed E-state index contributed by atoms with van der Waals surface area (Å²) in [5.74, 6) is 0. The van der Waals surface area contributed by atoms with Crippen molar-refractivity contribution in [2.45, 2.75) is 165 Å². The van der Waals surface area contributed by atoms with E-state index in [1.807, 2.05) is 0 Å². The molecule has 10 heteroatoms. The van der Waals surface area contributed by atoms with E-state index in [0.717, 1.165) is 12.8 Å². The molecule has 4 rings (SSSR count). The minimum absolute atomic E-state index is 0.293. The average molecular weight is 567 g/mol. The Balaban J connectivity index is 1.31. The molecule has 230 valence electrons. The Kier molecular flexibility index (Phi) is 7.39. The van der Waals surface area contributed by atoms with Gasteiger partial charge < -0.3 is 30.3 Å². The van der Waals surface area contributed by atoms with E-state index in [9.17, 15) is 19.8 Å².